The maximum absolute atomic E-state index is 6.02. The molecule has 74 valence electrons. The molecule has 0 aliphatic carbocycles. The largest absolute Gasteiger partial charge is 0.356 e. The third-order valence-corrected chi connectivity index (χ3v) is 2.61. The minimum atomic E-state index is 0.563. The molecule has 0 saturated carbocycles. The number of halogens is 1. The number of aromatic nitrogens is 1. The van der Waals surface area contributed by atoms with Crippen LogP contribution in [0, 0.1) is 6.92 Å². The lowest BCUT2D eigenvalue weighted by molar-refractivity contribution is 0.446. The van der Waals surface area contributed by atoms with Gasteiger partial charge in [0.15, 0.2) is 5.58 Å². The van der Waals surface area contributed by atoms with Crippen molar-refractivity contribution in [2.24, 2.45) is 5.73 Å². The van der Waals surface area contributed by atoms with E-state index in [1.165, 1.54) is 0 Å². The second-order valence-electron chi connectivity index (χ2n) is 3.27. The Hall–Kier alpha value is -1.06. The van der Waals surface area contributed by atoms with Gasteiger partial charge in [-0.1, -0.05) is 16.8 Å². The quantitative estimate of drug-likeness (QED) is 0.828. The lowest BCUT2D eigenvalue weighted by Gasteiger charge is -1.96. The second-order valence-corrected chi connectivity index (χ2v) is 3.67. The van der Waals surface area contributed by atoms with Crippen LogP contribution in [0.15, 0.2) is 16.7 Å². The first-order chi connectivity index (χ1) is 6.72. The van der Waals surface area contributed by atoms with Crippen LogP contribution >= 0.6 is 11.6 Å². The standard InChI is InChI=1S/C10H11ClN2O/c1-6-4-10-7(5-8(6)11)9(2-3-12)13-14-10/h4-5H,2-3,12H2,1H3. The summed E-state index contributed by atoms with van der Waals surface area (Å²) in [5.74, 6) is 0. The van der Waals surface area contributed by atoms with Gasteiger partial charge in [-0.25, -0.2) is 0 Å². The summed E-state index contributed by atoms with van der Waals surface area (Å²) in [6, 6.07) is 3.78. The molecule has 0 unspecified atom stereocenters. The number of nitrogens with two attached hydrogens (primary N) is 1. The Morgan fingerprint density at radius 2 is 2.29 bits per heavy atom. The highest BCUT2D eigenvalue weighted by molar-refractivity contribution is 6.32. The van der Waals surface area contributed by atoms with Crippen LogP contribution < -0.4 is 5.73 Å². The Bertz CT molecular complexity index is 464. The zero-order valence-corrected chi connectivity index (χ0v) is 8.64. The van der Waals surface area contributed by atoms with Crippen molar-refractivity contribution in [1.82, 2.24) is 5.16 Å². The molecule has 1 heterocycles. The van der Waals surface area contributed by atoms with E-state index in [0.29, 0.717) is 13.0 Å². The Morgan fingerprint density at radius 3 is 3.00 bits per heavy atom. The molecule has 0 aliphatic heterocycles. The van der Waals surface area contributed by atoms with Crippen molar-refractivity contribution in [3.8, 4) is 0 Å². The van der Waals surface area contributed by atoms with Gasteiger partial charge in [-0.3, -0.25) is 0 Å². The molecule has 1 aromatic carbocycles. The van der Waals surface area contributed by atoms with Crippen LogP contribution in [-0.2, 0) is 6.42 Å². The molecule has 14 heavy (non-hydrogen) atoms. The number of fused-ring (bicyclic) bond motifs is 1. The van der Waals surface area contributed by atoms with E-state index in [2.05, 4.69) is 5.16 Å². The number of benzene rings is 1. The summed E-state index contributed by atoms with van der Waals surface area (Å²) in [6.45, 7) is 2.50. The van der Waals surface area contributed by atoms with Gasteiger partial charge in [-0.2, -0.15) is 0 Å². The van der Waals surface area contributed by atoms with E-state index in [0.717, 1.165) is 27.2 Å². The number of nitrogens with zero attached hydrogens (tertiary/aromatic N) is 1. The first-order valence-corrected chi connectivity index (χ1v) is 4.84. The Kier molecular flexibility index (Phi) is 2.44. The number of hydrogen-bond donors (Lipinski definition) is 1. The van der Waals surface area contributed by atoms with Crippen molar-refractivity contribution < 1.29 is 4.52 Å². The minimum Gasteiger partial charge on any atom is -0.356 e. The number of rotatable bonds is 2. The lowest BCUT2D eigenvalue weighted by atomic mass is 10.1. The van der Waals surface area contributed by atoms with Crippen LogP contribution in [-0.4, -0.2) is 11.7 Å². The molecular weight excluding hydrogens is 200 g/mol. The average Bonchev–Trinajstić information content (AvgIpc) is 2.51. The van der Waals surface area contributed by atoms with E-state index >= 15 is 0 Å². The molecule has 0 bridgehead atoms. The van der Waals surface area contributed by atoms with E-state index in [4.69, 9.17) is 21.9 Å². The Morgan fingerprint density at radius 1 is 1.50 bits per heavy atom. The number of aryl methyl sites for hydroxylation is 1. The molecule has 0 fully saturated rings. The van der Waals surface area contributed by atoms with E-state index in [1.54, 1.807) is 0 Å². The molecule has 4 heteroatoms. The fourth-order valence-corrected chi connectivity index (χ4v) is 1.59. The predicted octanol–water partition coefficient (Wildman–Crippen LogP) is 2.29. The Balaban J connectivity index is 2.61. The summed E-state index contributed by atoms with van der Waals surface area (Å²) in [4.78, 5) is 0. The van der Waals surface area contributed by atoms with Crippen LogP contribution in [0.1, 0.15) is 11.3 Å². The highest BCUT2D eigenvalue weighted by atomic mass is 35.5. The normalized spacial score (nSPS) is 11.1. The SMILES string of the molecule is Cc1cc2onc(CCN)c2cc1Cl. The highest BCUT2D eigenvalue weighted by Crippen LogP contribution is 2.25. The highest BCUT2D eigenvalue weighted by Gasteiger charge is 2.09. The lowest BCUT2D eigenvalue weighted by Crippen LogP contribution is -2.02. The van der Waals surface area contributed by atoms with Crippen molar-refractivity contribution in [2.45, 2.75) is 13.3 Å². The smallest absolute Gasteiger partial charge is 0.167 e. The summed E-state index contributed by atoms with van der Waals surface area (Å²) in [6.07, 6.45) is 0.715. The van der Waals surface area contributed by atoms with Crippen LogP contribution in [0.5, 0.6) is 0 Å². The maximum Gasteiger partial charge on any atom is 0.167 e. The van der Waals surface area contributed by atoms with Gasteiger partial charge in [0, 0.05) is 16.8 Å². The zero-order valence-electron chi connectivity index (χ0n) is 7.88. The first kappa shape index (κ1) is 9.49. The molecule has 0 atom stereocenters. The molecule has 2 aromatic rings. The molecule has 0 amide bonds. The zero-order chi connectivity index (χ0) is 10.1. The van der Waals surface area contributed by atoms with Crippen LogP contribution in [0.25, 0.3) is 11.0 Å². The van der Waals surface area contributed by atoms with Crippen molar-refractivity contribution in [1.29, 1.82) is 0 Å². The van der Waals surface area contributed by atoms with Crippen molar-refractivity contribution in [3.05, 3.63) is 28.4 Å². The molecule has 0 spiro atoms. The average molecular weight is 211 g/mol. The van der Waals surface area contributed by atoms with E-state index < -0.39 is 0 Å². The Labute approximate surface area is 86.8 Å². The molecule has 2 rings (SSSR count). The van der Waals surface area contributed by atoms with Gasteiger partial charge >= 0.3 is 0 Å². The van der Waals surface area contributed by atoms with E-state index in [1.807, 2.05) is 19.1 Å². The van der Waals surface area contributed by atoms with Crippen molar-refractivity contribution in [2.75, 3.05) is 6.54 Å². The van der Waals surface area contributed by atoms with E-state index in [9.17, 15) is 0 Å². The fourth-order valence-electron chi connectivity index (χ4n) is 1.43. The van der Waals surface area contributed by atoms with Gasteiger partial charge in [0.2, 0.25) is 0 Å². The second kappa shape index (κ2) is 3.59. The third kappa shape index (κ3) is 1.49. The molecule has 1 aromatic heterocycles. The van der Waals surface area contributed by atoms with Crippen molar-refractivity contribution in [3.63, 3.8) is 0 Å². The molecule has 0 radical (unpaired) electrons. The predicted molar refractivity (Wildman–Crippen MR) is 56.5 cm³/mol. The van der Waals surface area contributed by atoms with Gasteiger partial charge in [0.1, 0.15) is 0 Å². The summed E-state index contributed by atoms with van der Waals surface area (Å²) in [5, 5.41) is 5.65. The molecule has 3 nitrogen and oxygen atoms in total. The minimum absolute atomic E-state index is 0.563. The molecular formula is C10H11ClN2O. The van der Waals surface area contributed by atoms with Crippen LogP contribution in [0.2, 0.25) is 5.02 Å². The number of hydrogen-bond acceptors (Lipinski definition) is 3. The monoisotopic (exact) mass is 210 g/mol. The first-order valence-electron chi connectivity index (χ1n) is 4.47. The third-order valence-electron chi connectivity index (χ3n) is 2.21. The topological polar surface area (TPSA) is 52.0 Å². The summed E-state index contributed by atoms with van der Waals surface area (Å²) >= 11 is 6.02. The van der Waals surface area contributed by atoms with Crippen LogP contribution in [0.3, 0.4) is 0 Å². The van der Waals surface area contributed by atoms with Crippen LogP contribution in [0.4, 0.5) is 0 Å². The van der Waals surface area contributed by atoms with Gasteiger partial charge in [0.25, 0.3) is 0 Å². The van der Waals surface area contributed by atoms with Gasteiger partial charge in [-0.05, 0) is 31.2 Å². The van der Waals surface area contributed by atoms with E-state index in [-0.39, 0.29) is 0 Å². The van der Waals surface area contributed by atoms with Crippen molar-refractivity contribution >= 4 is 22.6 Å². The van der Waals surface area contributed by atoms with Gasteiger partial charge in [-0.15, -0.1) is 0 Å². The summed E-state index contributed by atoms with van der Waals surface area (Å²) in [7, 11) is 0. The molecule has 0 saturated heterocycles. The maximum atomic E-state index is 6.02. The summed E-state index contributed by atoms with van der Waals surface area (Å²) in [5.41, 5.74) is 8.11. The molecule has 0 aliphatic rings. The van der Waals surface area contributed by atoms with Gasteiger partial charge < -0.3 is 10.3 Å². The molecule has 2 N–H and O–H groups in total. The summed E-state index contributed by atoms with van der Waals surface area (Å²) < 4.78 is 5.17. The van der Waals surface area contributed by atoms with Gasteiger partial charge in [0.05, 0.1) is 5.69 Å². The fraction of sp³-hybridized carbons (Fsp3) is 0.300.